The van der Waals surface area contributed by atoms with Gasteiger partial charge >= 0.3 is 6.01 Å². The first-order valence-corrected chi connectivity index (χ1v) is 12.8. The van der Waals surface area contributed by atoms with Gasteiger partial charge in [-0.1, -0.05) is 22.9 Å². The molecule has 1 aliphatic heterocycles. The zero-order chi connectivity index (χ0) is 25.4. The zero-order valence-electron chi connectivity index (χ0n) is 19.9. The van der Waals surface area contributed by atoms with Crippen molar-refractivity contribution in [2.75, 3.05) is 51.0 Å². The van der Waals surface area contributed by atoms with Crippen LogP contribution in [0.1, 0.15) is 12.8 Å². The standard InChI is InChI=1S/C24H26ClF2N7OS/c1-29-24-32-20-13(5-6-16(26)21(20)36-24)17-15(25)10-14-19(18(17)27)31-23(33-22(14)30-8-7-28)35-11-12-4-3-9-34(12)2/h5-6,10,12H,3-4,7-9,11,28H2,1-2H3,(H,29,32)(H,30,31,33)/t12-/m0/s1. The molecule has 5 rings (SSSR count). The largest absolute Gasteiger partial charge is 0.462 e. The Hall–Kier alpha value is -2.86. The number of hydrogen-bond acceptors (Lipinski definition) is 9. The van der Waals surface area contributed by atoms with Crippen LogP contribution in [0.4, 0.5) is 19.7 Å². The second kappa shape index (κ2) is 10.3. The number of rotatable bonds is 8. The summed E-state index contributed by atoms with van der Waals surface area (Å²) in [6, 6.07) is 4.67. The first-order chi connectivity index (χ1) is 17.4. The molecule has 8 nitrogen and oxygen atoms in total. The van der Waals surface area contributed by atoms with E-state index < -0.39 is 11.6 Å². The van der Waals surface area contributed by atoms with Gasteiger partial charge in [-0.3, -0.25) is 0 Å². The maximum absolute atomic E-state index is 16.2. The third-order valence-corrected chi connectivity index (χ3v) is 7.73. The maximum atomic E-state index is 16.2. The van der Waals surface area contributed by atoms with Gasteiger partial charge in [0.25, 0.3) is 0 Å². The Kier molecular flexibility index (Phi) is 7.07. The number of hydrogen-bond donors (Lipinski definition) is 3. The van der Waals surface area contributed by atoms with Crippen molar-refractivity contribution in [3.05, 3.63) is 34.9 Å². The summed E-state index contributed by atoms with van der Waals surface area (Å²) in [6.45, 7) is 2.17. The van der Waals surface area contributed by atoms with Crippen LogP contribution < -0.4 is 21.1 Å². The van der Waals surface area contributed by atoms with Gasteiger partial charge in [-0.15, -0.1) is 0 Å². The molecule has 1 atom stereocenters. The predicted octanol–water partition coefficient (Wildman–Crippen LogP) is 4.72. The Bertz CT molecular complexity index is 1430. The Labute approximate surface area is 215 Å². The van der Waals surface area contributed by atoms with Crippen LogP contribution in [0, 0.1) is 11.6 Å². The van der Waals surface area contributed by atoms with Gasteiger partial charge in [0.15, 0.2) is 10.9 Å². The highest BCUT2D eigenvalue weighted by Crippen LogP contribution is 2.42. The number of aromatic nitrogens is 3. The van der Waals surface area contributed by atoms with E-state index in [1.165, 1.54) is 12.1 Å². The Balaban J connectivity index is 1.65. The highest BCUT2D eigenvalue weighted by Gasteiger charge is 2.25. The Morgan fingerprint density at radius 1 is 1.25 bits per heavy atom. The average Bonchev–Trinajstić information content (AvgIpc) is 3.49. The van der Waals surface area contributed by atoms with Crippen LogP contribution in [0.15, 0.2) is 18.2 Å². The van der Waals surface area contributed by atoms with E-state index in [1.54, 1.807) is 13.1 Å². The molecule has 0 radical (unpaired) electrons. The number of nitrogens with one attached hydrogen (secondary N) is 2. The quantitative estimate of drug-likeness (QED) is 0.299. The molecular formula is C24H26ClF2N7OS. The highest BCUT2D eigenvalue weighted by molar-refractivity contribution is 7.22. The van der Waals surface area contributed by atoms with E-state index in [0.29, 0.717) is 51.8 Å². The molecular weight excluding hydrogens is 508 g/mol. The van der Waals surface area contributed by atoms with Gasteiger partial charge in [-0.2, -0.15) is 9.97 Å². The third-order valence-electron chi connectivity index (χ3n) is 6.35. The first kappa shape index (κ1) is 24.8. The molecule has 3 heterocycles. The minimum Gasteiger partial charge on any atom is -0.462 e. The summed E-state index contributed by atoms with van der Waals surface area (Å²) in [5.74, 6) is -0.721. The second-order valence-electron chi connectivity index (χ2n) is 8.64. The van der Waals surface area contributed by atoms with Crippen molar-refractivity contribution in [2.45, 2.75) is 18.9 Å². The number of nitrogens with zero attached hydrogens (tertiary/aromatic N) is 4. The van der Waals surface area contributed by atoms with Gasteiger partial charge in [0, 0.05) is 42.7 Å². The summed E-state index contributed by atoms with van der Waals surface area (Å²) in [5.41, 5.74) is 6.49. The van der Waals surface area contributed by atoms with Crippen LogP contribution in [0.2, 0.25) is 5.02 Å². The molecule has 2 aromatic heterocycles. The molecule has 1 saturated heterocycles. The number of nitrogens with two attached hydrogens (primary N) is 1. The summed E-state index contributed by atoms with van der Waals surface area (Å²) in [5, 5.41) is 7.07. The molecule has 12 heteroatoms. The van der Waals surface area contributed by atoms with Gasteiger partial charge in [-0.05, 0) is 44.6 Å². The predicted molar refractivity (Wildman–Crippen MR) is 141 cm³/mol. The van der Waals surface area contributed by atoms with Crippen molar-refractivity contribution in [3.63, 3.8) is 0 Å². The number of fused-ring (bicyclic) bond motifs is 2. The fourth-order valence-corrected chi connectivity index (χ4v) is 5.60. The van der Waals surface area contributed by atoms with Crippen molar-refractivity contribution in [1.29, 1.82) is 0 Å². The molecule has 0 spiro atoms. The molecule has 1 fully saturated rings. The third kappa shape index (κ3) is 4.52. The maximum Gasteiger partial charge on any atom is 0.319 e. The minimum absolute atomic E-state index is 0.0419. The van der Waals surface area contributed by atoms with Crippen molar-refractivity contribution < 1.29 is 13.5 Å². The number of ether oxygens (including phenoxy) is 1. The molecule has 1 aliphatic rings. The average molecular weight is 534 g/mol. The van der Waals surface area contributed by atoms with Crippen molar-refractivity contribution in [2.24, 2.45) is 5.73 Å². The van der Waals surface area contributed by atoms with E-state index in [2.05, 4.69) is 30.5 Å². The van der Waals surface area contributed by atoms with Crippen LogP contribution in [-0.4, -0.2) is 66.2 Å². The molecule has 0 bridgehead atoms. The van der Waals surface area contributed by atoms with Gasteiger partial charge in [0.05, 0.1) is 15.2 Å². The number of anilines is 2. The monoisotopic (exact) mass is 533 g/mol. The Morgan fingerprint density at radius 2 is 2.08 bits per heavy atom. The van der Waals surface area contributed by atoms with E-state index >= 15 is 4.39 Å². The van der Waals surface area contributed by atoms with Crippen LogP contribution >= 0.6 is 22.9 Å². The number of thiazole rings is 1. The lowest BCUT2D eigenvalue weighted by molar-refractivity contribution is 0.188. The molecule has 0 amide bonds. The molecule has 0 unspecified atom stereocenters. The summed E-state index contributed by atoms with van der Waals surface area (Å²) in [4.78, 5) is 15.6. The van der Waals surface area contributed by atoms with Crippen LogP contribution in [0.3, 0.4) is 0 Å². The fraction of sp³-hybridized carbons (Fsp3) is 0.375. The first-order valence-electron chi connectivity index (χ1n) is 11.6. The molecule has 36 heavy (non-hydrogen) atoms. The molecule has 0 aliphatic carbocycles. The smallest absolute Gasteiger partial charge is 0.319 e. The molecule has 0 saturated carbocycles. The lowest BCUT2D eigenvalue weighted by Gasteiger charge is -2.19. The fourth-order valence-electron chi connectivity index (χ4n) is 4.46. The minimum atomic E-state index is -0.662. The van der Waals surface area contributed by atoms with Crippen molar-refractivity contribution in [3.8, 4) is 17.1 Å². The van der Waals surface area contributed by atoms with Gasteiger partial charge < -0.3 is 26.0 Å². The van der Waals surface area contributed by atoms with E-state index in [-0.39, 0.29) is 28.2 Å². The number of benzene rings is 2. The molecule has 190 valence electrons. The second-order valence-corrected chi connectivity index (χ2v) is 10.0. The summed E-state index contributed by atoms with van der Waals surface area (Å²) in [6.07, 6.45) is 2.11. The molecule has 4 N–H and O–H groups in total. The van der Waals surface area contributed by atoms with E-state index in [0.717, 1.165) is 30.7 Å². The van der Waals surface area contributed by atoms with Crippen LogP contribution in [-0.2, 0) is 0 Å². The van der Waals surface area contributed by atoms with E-state index in [4.69, 9.17) is 22.1 Å². The van der Waals surface area contributed by atoms with Gasteiger partial charge in [-0.25, -0.2) is 13.8 Å². The van der Waals surface area contributed by atoms with Crippen LogP contribution in [0.25, 0.3) is 32.2 Å². The molecule has 4 aromatic rings. The van der Waals surface area contributed by atoms with Crippen LogP contribution in [0.5, 0.6) is 6.01 Å². The van der Waals surface area contributed by atoms with Gasteiger partial charge in [0.1, 0.15) is 23.8 Å². The normalized spacial score (nSPS) is 16.2. The van der Waals surface area contributed by atoms with E-state index in [9.17, 15) is 4.39 Å². The lowest BCUT2D eigenvalue weighted by Crippen LogP contribution is -2.31. The Morgan fingerprint density at radius 3 is 2.81 bits per heavy atom. The summed E-state index contributed by atoms with van der Waals surface area (Å²) in [7, 11) is 3.74. The SMILES string of the molecule is CNc1nc2c(-c3c(Cl)cc4c(NCCN)nc(OC[C@@H]5CCCN5C)nc4c3F)ccc(F)c2s1. The number of likely N-dealkylation sites (N-methyl/N-ethyl adjacent to an activating group) is 1. The topological polar surface area (TPSA) is 101 Å². The zero-order valence-corrected chi connectivity index (χ0v) is 21.4. The summed E-state index contributed by atoms with van der Waals surface area (Å²) >= 11 is 7.76. The van der Waals surface area contributed by atoms with Gasteiger partial charge in [0.2, 0.25) is 0 Å². The highest BCUT2D eigenvalue weighted by atomic mass is 35.5. The molecule has 2 aromatic carbocycles. The van der Waals surface area contributed by atoms with E-state index in [1.807, 2.05) is 7.05 Å². The number of likely N-dealkylation sites (tertiary alicyclic amines) is 1. The number of halogens is 3. The van der Waals surface area contributed by atoms with Crippen molar-refractivity contribution >= 4 is 55.0 Å². The van der Waals surface area contributed by atoms with Crippen molar-refractivity contribution in [1.82, 2.24) is 19.9 Å². The lowest BCUT2D eigenvalue weighted by atomic mass is 10.0. The summed E-state index contributed by atoms with van der Waals surface area (Å²) < 4.78 is 36.9.